The number of nitrogens with zero attached hydrogens (tertiary/aromatic N) is 1. The van der Waals surface area contributed by atoms with Crippen molar-refractivity contribution in [2.45, 2.75) is 49.8 Å². The number of benzene rings is 2. The van der Waals surface area contributed by atoms with Crippen LogP contribution < -0.4 is 4.74 Å². The smallest absolute Gasteiger partial charge is 0.416 e. The van der Waals surface area contributed by atoms with Gasteiger partial charge < -0.3 is 14.7 Å². The zero-order chi connectivity index (χ0) is 22.8. The van der Waals surface area contributed by atoms with Gasteiger partial charge in [-0.15, -0.1) is 0 Å². The minimum atomic E-state index is -4.34. The molecule has 0 aromatic heterocycles. The highest BCUT2D eigenvalue weighted by Crippen LogP contribution is 2.47. The highest BCUT2D eigenvalue weighted by atomic mass is 35.5. The lowest BCUT2D eigenvalue weighted by Crippen LogP contribution is -2.52. The van der Waals surface area contributed by atoms with E-state index < -0.39 is 17.8 Å². The molecule has 174 valence electrons. The highest BCUT2D eigenvalue weighted by molar-refractivity contribution is 6.30. The van der Waals surface area contributed by atoms with Crippen LogP contribution in [0.1, 0.15) is 43.2 Å². The summed E-state index contributed by atoms with van der Waals surface area (Å²) in [5.74, 6) is 0.734. The van der Waals surface area contributed by atoms with Crippen LogP contribution in [0.5, 0.6) is 5.75 Å². The van der Waals surface area contributed by atoms with Crippen LogP contribution in [-0.4, -0.2) is 42.4 Å². The molecule has 2 aliphatic rings. The molecule has 1 saturated heterocycles. The molecule has 0 radical (unpaired) electrons. The molecule has 0 spiro atoms. The standard InChI is InChI=1S/C25H29ClF3NO2/c26-21-8-4-19(5-9-21)24(12-2-13-24)23(31)16-30-14-1-3-18(15-30)17-32-22-10-6-20(7-11-22)25(27,28)29/h4-11,18,23,31H,1-3,12-17H2/t18-,23-/m0/s1. The second kappa shape index (κ2) is 9.62. The Morgan fingerprint density at radius 1 is 1.06 bits per heavy atom. The molecule has 2 aromatic rings. The molecule has 4 rings (SSSR count). The Morgan fingerprint density at radius 2 is 1.75 bits per heavy atom. The van der Waals surface area contributed by atoms with Crippen LogP contribution in [0.15, 0.2) is 48.5 Å². The van der Waals surface area contributed by atoms with E-state index in [0.29, 0.717) is 23.9 Å². The Bertz CT molecular complexity index is 882. The first kappa shape index (κ1) is 23.4. The number of hydrogen-bond donors (Lipinski definition) is 1. The van der Waals surface area contributed by atoms with Gasteiger partial charge in [0.05, 0.1) is 18.3 Å². The van der Waals surface area contributed by atoms with Gasteiger partial charge >= 0.3 is 6.18 Å². The van der Waals surface area contributed by atoms with Crippen LogP contribution >= 0.6 is 11.6 Å². The first-order chi connectivity index (χ1) is 15.3. The molecule has 2 aromatic carbocycles. The quantitative estimate of drug-likeness (QED) is 0.547. The van der Waals surface area contributed by atoms with Gasteiger partial charge in [0.2, 0.25) is 0 Å². The lowest BCUT2D eigenvalue weighted by molar-refractivity contribution is -0.137. The number of β-amino-alcohol motifs (C(OH)–C–C–N with tert-alkyl or cyclic N) is 1. The Morgan fingerprint density at radius 3 is 2.34 bits per heavy atom. The first-order valence-corrected chi connectivity index (χ1v) is 11.6. The van der Waals surface area contributed by atoms with Gasteiger partial charge in [-0.25, -0.2) is 0 Å². The largest absolute Gasteiger partial charge is 0.493 e. The number of ether oxygens (including phenoxy) is 1. The molecule has 1 aliphatic carbocycles. The number of hydrogen-bond acceptors (Lipinski definition) is 3. The fraction of sp³-hybridized carbons (Fsp3) is 0.520. The third-order valence-corrected chi connectivity index (χ3v) is 7.26. The maximum absolute atomic E-state index is 12.7. The Hall–Kier alpha value is -1.76. The molecule has 1 heterocycles. The first-order valence-electron chi connectivity index (χ1n) is 11.2. The van der Waals surface area contributed by atoms with Crippen LogP contribution in [0.4, 0.5) is 13.2 Å². The number of piperidine rings is 1. The lowest BCUT2D eigenvalue weighted by Gasteiger charge is -2.48. The van der Waals surface area contributed by atoms with E-state index in [0.717, 1.165) is 62.9 Å². The van der Waals surface area contributed by atoms with E-state index in [1.54, 1.807) is 0 Å². The summed E-state index contributed by atoms with van der Waals surface area (Å²) in [7, 11) is 0. The number of rotatable bonds is 7. The van der Waals surface area contributed by atoms with Crippen molar-refractivity contribution in [1.29, 1.82) is 0 Å². The second-order valence-corrected chi connectivity index (χ2v) is 9.57. The zero-order valence-electron chi connectivity index (χ0n) is 18.0. The maximum atomic E-state index is 12.7. The molecular formula is C25H29ClF3NO2. The van der Waals surface area contributed by atoms with Gasteiger partial charge in [0.1, 0.15) is 5.75 Å². The topological polar surface area (TPSA) is 32.7 Å². The number of likely N-dealkylation sites (tertiary alicyclic amines) is 1. The van der Waals surface area contributed by atoms with Crippen LogP contribution in [0.2, 0.25) is 5.02 Å². The molecule has 0 unspecified atom stereocenters. The molecule has 0 bridgehead atoms. The van der Waals surface area contributed by atoms with Gasteiger partial charge in [-0.2, -0.15) is 13.2 Å². The van der Waals surface area contributed by atoms with E-state index in [-0.39, 0.29) is 11.3 Å². The normalized spacial score (nSPS) is 22.2. The van der Waals surface area contributed by atoms with E-state index in [1.807, 2.05) is 24.3 Å². The van der Waals surface area contributed by atoms with Gasteiger partial charge in [0.25, 0.3) is 0 Å². The Labute approximate surface area is 192 Å². The van der Waals surface area contributed by atoms with Crippen LogP contribution in [0.25, 0.3) is 0 Å². The van der Waals surface area contributed by atoms with Crippen molar-refractivity contribution < 1.29 is 23.0 Å². The minimum absolute atomic E-state index is 0.200. The van der Waals surface area contributed by atoms with E-state index >= 15 is 0 Å². The minimum Gasteiger partial charge on any atom is -0.493 e. The van der Waals surface area contributed by atoms with Gasteiger partial charge in [-0.05, 0) is 74.2 Å². The zero-order valence-corrected chi connectivity index (χ0v) is 18.7. The molecular weight excluding hydrogens is 439 g/mol. The summed E-state index contributed by atoms with van der Waals surface area (Å²) in [6, 6.07) is 12.7. The number of alkyl halides is 3. The summed E-state index contributed by atoms with van der Waals surface area (Å²) in [5, 5.41) is 11.9. The van der Waals surface area contributed by atoms with Crippen molar-refractivity contribution >= 4 is 11.6 Å². The third kappa shape index (κ3) is 5.24. The molecule has 1 saturated carbocycles. The van der Waals surface area contributed by atoms with Gasteiger partial charge in [-0.3, -0.25) is 0 Å². The van der Waals surface area contributed by atoms with Crippen molar-refractivity contribution in [1.82, 2.24) is 4.90 Å². The van der Waals surface area contributed by atoms with E-state index in [4.69, 9.17) is 16.3 Å². The molecule has 1 N–H and O–H groups in total. The van der Waals surface area contributed by atoms with Crippen molar-refractivity contribution in [3.8, 4) is 5.75 Å². The lowest BCUT2D eigenvalue weighted by atomic mass is 9.61. The van der Waals surface area contributed by atoms with Crippen LogP contribution in [0, 0.1) is 5.92 Å². The number of aliphatic hydroxyl groups is 1. The Balaban J connectivity index is 1.31. The molecule has 1 aliphatic heterocycles. The summed E-state index contributed by atoms with van der Waals surface area (Å²) in [6.07, 6.45) is 0.300. The van der Waals surface area contributed by atoms with Crippen molar-refractivity contribution in [2.24, 2.45) is 5.92 Å². The monoisotopic (exact) mass is 467 g/mol. The summed E-state index contributed by atoms with van der Waals surface area (Å²) >= 11 is 6.04. The summed E-state index contributed by atoms with van der Waals surface area (Å²) in [5.41, 5.74) is 0.280. The van der Waals surface area contributed by atoms with Gasteiger partial charge in [0.15, 0.2) is 0 Å². The average molecular weight is 468 g/mol. The van der Waals surface area contributed by atoms with Gasteiger partial charge in [-0.1, -0.05) is 30.2 Å². The summed E-state index contributed by atoms with van der Waals surface area (Å²) < 4.78 is 43.9. The van der Waals surface area contributed by atoms with E-state index in [9.17, 15) is 18.3 Å². The molecule has 2 fully saturated rings. The molecule has 32 heavy (non-hydrogen) atoms. The predicted molar refractivity (Wildman–Crippen MR) is 119 cm³/mol. The Kier molecular flexibility index (Phi) is 7.03. The molecule has 3 nitrogen and oxygen atoms in total. The van der Waals surface area contributed by atoms with E-state index in [2.05, 4.69) is 4.90 Å². The van der Waals surface area contributed by atoms with Crippen molar-refractivity contribution in [3.63, 3.8) is 0 Å². The molecule has 2 atom stereocenters. The summed E-state index contributed by atoms with van der Waals surface area (Å²) in [4.78, 5) is 2.30. The summed E-state index contributed by atoms with van der Waals surface area (Å²) in [6.45, 7) is 2.82. The van der Waals surface area contributed by atoms with E-state index in [1.165, 1.54) is 12.1 Å². The second-order valence-electron chi connectivity index (χ2n) is 9.13. The van der Waals surface area contributed by atoms with Crippen LogP contribution in [-0.2, 0) is 11.6 Å². The van der Waals surface area contributed by atoms with Crippen LogP contribution in [0.3, 0.4) is 0 Å². The fourth-order valence-electron chi connectivity index (χ4n) is 4.98. The SMILES string of the molecule is O[C@@H](CN1CCC[C@H](COc2ccc(C(F)(F)F)cc2)C1)C1(c2ccc(Cl)cc2)CCC1. The molecule has 0 amide bonds. The maximum Gasteiger partial charge on any atom is 0.416 e. The number of aliphatic hydroxyl groups excluding tert-OH is 1. The van der Waals surface area contributed by atoms with Gasteiger partial charge in [0, 0.05) is 29.4 Å². The van der Waals surface area contributed by atoms with Crippen molar-refractivity contribution in [3.05, 3.63) is 64.7 Å². The molecule has 7 heteroatoms. The predicted octanol–water partition coefficient (Wildman–Crippen LogP) is 5.93. The van der Waals surface area contributed by atoms with Crippen molar-refractivity contribution in [2.75, 3.05) is 26.2 Å². The highest BCUT2D eigenvalue weighted by Gasteiger charge is 2.45. The average Bonchev–Trinajstić information content (AvgIpc) is 2.73. The fourth-order valence-corrected chi connectivity index (χ4v) is 5.11. The number of halogens is 4. The third-order valence-electron chi connectivity index (χ3n) is 7.00.